The summed E-state index contributed by atoms with van der Waals surface area (Å²) in [6.45, 7) is 0. The quantitative estimate of drug-likeness (QED) is 0.640. The minimum absolute atomic E-state index is 0.0104. The largest absolute Gasteiger partial charge is 0.497 e. The summed E-state index contributed by atoms with van der Waals surface area (Å²) in [5.41, 5.74) is 1.02. The van der Waals surface area contributed by atoms with E-state index in [1.807, 2.05) is 0 Å². The van der Waals surface area contributed by atoms with E-state index in [9.17, 15) is 18.0 Å². The lowest BCUT2D eigenvalue weighted by atomic mass is 9.97. The van der Waals surface area contributed by atoms with Crippen LogP contribution in [0.4, 0.5) is 0 Å². The standard InChI is InChI=1S/C22H19NO6S/c1-28-15-8-6-13(7-9-15)19-18-20(24)16-4-2-3-5-17(16)29-21(18)22(25)23(19)14-10-11-30(26,27)12-14/h2-9,14,19H,10-12H2,1H3/t14-,19-/m0/s1. The number of carbonyl (C=O) groups excluding carboxylic acids is 1. The molecule has 2 aliphatic rings. The van der Waals surface area contributed by atoms with Crippen LogP contribution in [-0.4, -0.2) is 43.9 Å². The molecule has 0 unspecified atom stereocenters. The van der Waals surface area contributed by atoms with E-state index in [-0.39, 0.29) is 28.3 Å². The lowest BCUT2D eigenvalue weighted by Gasteiger charge is -2.30. The predicted molar refractivity (Wildman–Crippen MR) is 111 cm³/mol. The van der Waals surface area contributed by atoms with Crippen molar-refractivity contribution in [1.29, 1.82) is 0 Å². The Balaban J connectivity index is 1.74. The lowest BCUT2D eigenvalue weighted by Crippen LogP contribution is -2.40. The maximum absolute atomic E-state index is 13.4. The molecular weight excluding hydrogens is 406 g/mol. The Hall–Kier alpha value is -3.13. The highest BCUT2D eigenvalue weighted by molar-refractivity contribution is 7.91. The Labute approximate surface area is 172 Å². The van der Waals surface area contributed by atoms with E-state index < -0.39 is 27.8 Å². The molecule has 3 aromatic rings. The summed E-state index contributed by atoms with van der Waals surface area (Å²) in [4.78, 5) is 28.3. The number of carbonyl (C=O) groups is 1. The SMILES string of the molecule is COc1ccc([C@H]2c3c(oc4ccccc4c3=O)C(=O)N2[C@H]2CCS(=O)(=O)C2)cc1. The van der Waals surface area contributed by atoms with Crippen molar-refractivity contribution in [3.63, 3.8) is 0 Å². The number of methoxy groups -OCH3 is 1. The van der Waals surface area contributed by atoms with Gasteiger partial charge in [-0.2, -0.15) is 0 Å². The van der Waals surface area contributed by atoms with Crippen molar-refractivity contribution >= 4 is 26.7 Å². The number of benzene rings is 2. The molecule has 1 saturated heterocycles. The van der Waals surface area contributed by atoms with Crippen LogP contribution in [0.25, 0.3) is 11.0 Å². The Morgan fingerprint density at radius 3 is 2.47 bits per heavy atom. The molecule has 1 amide bonds. The highest BCUT2D eigenvalue weighted by Crippen LogP contribution is 2.41. The van der Waals surface area contributed by atoms with E-state index in [2.05, 4.69) is 0 Å². The van der Waals surface area contributed by atoms with Crippen LogP contribution in [0, 0.1) is 0 Å². The number of hydrogen-bond acceptors (Lipinski definition) is 6. The molecule has 1 fully saturated rings. The van der Waals surface area contributed by atoms with Gasteiger partial charge in [-0.15, -0.1) is 0 Å². The van der Waals surface area contributed by atoms with Crippen molar-refractivity contribution in [2.45, 2.75) is 18.5 Å². The highest BCUT2D eigenvalue weighted by Gasteiger charge is 2.48. The van der Waals surface area contributed by atoms with Crippen LogP contribution in [0.1, 0.15) is 34.1 Å². The molecule has 0 aliphatic carbocycles. The highest BCUT2D eigenvalue weighted by atomic mass is 32.2. The molecule has 30 heavy (non-hydrogen) atoms. The summed E-state index contributed by atoms with van der Waals surface area (Å²) in [7, 11) is -1.68. The van der Waals surface area contributed by atoms with Crippen LogP contribution in [0.15, 0.2) is 57.7 Å². The van der Waals surface area contributed by atoms with Gasteiger partial charge in [-0.3, -0.25) is 9.59 Å². The first-order valence-electron chi connectivity index (χ1n) is 9.62. The Morgan fingerprint density at radius 1 is 1.07 bits per heavy atom. The Bertz CT molecular complexity index is 1330. The van der Waals surface area contributed by atoms with Gasteiger partial charge in [0.15, 0.2) is 15.3 Å². The van der Waals surface area contributed by atoms with E-state index in [1.54, 1.807) is 55.6 Å². The lowest BCUT2D eigenvalue weighted by molar-refractivity contribution is 0.0662. The monoisotopic (exact) mass is 425 g/mol. The fourth-order valence-corrected chi connectivity index (χ4v) is 6.13. The fourth-order valence-electron chi connectivity index (χ4n) is 4.42. The maximum atomic E-state index is 13.4. The summed E-state index contributed by atoms with van der Waals surface area (Å²) >= 11 is 0. The smallest absolute Gasteiger partial charge is 0.291 e. The first kappa shape index (κ1) is 18.9. The second kappa shape index (κ2) is 6.70. The van der Waals surface area contributed by atoms with Gasteiger partial charge in [-0.1, -0.05) is 24.3 Å². The minimum Gasteiger partial charge on any atom is -0.497 e. The number of hydrogen-bond donors (Lipinski definition) is 0. The summed E-state index contributed by atoms with van der Waals surface area (Å²) in [6, 6.07) is 12.7. The molecule has 0 saturated carbocycles. The first-order chi connectivity index (χ1) is 14.4. The van der Waals surface area contributed by atoms with Gasteiger partial charge in [0.05, 0.1) is 35.6 Å². The zero-order valence-electron chi connectivity index (χ0n) is 16.2. The molecule has 2 aliphatic heterocycles. The molecule has 7 nitrogen and oxygen atoms in total. The van der Waals surface area contributed by atoms with Gasteiger partial charge in [0.2, 0.25) is 5.76 Å². The van der Waals surface area contributed by atoms with E-state index in [4.69, 9.17) is 9.15 Å². The van der Waals surface area contributed by atoms with Crippen molar-refractivity contribution in [2.24, 2.45) is 0 Å². The third-order valence-electron chi connectivity index (χ3n) is 5.85. The van der Waals surface area contributed by atoms with Crippen LogP contribution in [-0.2, 0) is 9.84 Å². The van der Waals surface area contributed by atoms with Gasteiger partial charge in [-0.25, -0.2) is 8.42 Å². The maximum Gasteiger partial charge on any atom is 0.291 e. The van der Waals surface area contributed by atoms with Crippen molar-refractivity contribution in [2.75, 3.05) is 18.6 Å². The summed E-state index contributed by atoms with van der Waals surface area (Å²) in [5, 5.41) is 0.392. The van der Waals surface area contributed by atoms with Crippen LogP contribution in [0.5, 0.6) is 5.75 Å². The average molecular weight is 425 g/mol. The number of ether oxygens (including phenoxy) is 1. The van der Waals surface area contributed by atoms with Crippen LogP contribution >= 0.6 is 0 Å². The van der Waals surface area contributed by atoms with Crippen molar-refractivity contribution in [1.82, 2.24) is 4.90 Å². The molecular formula is C22H19NO6S. The zero-order valence-corrected chi connectivity index (χ0v) is 17.0. The topological polar surface area (TPSA) is 93.9 Å². The number of amides is 1. The Morgan fingerprint density at radius 2 is 1.80 bits per heavy atom. The van der Waals surface area contributed by atoms with E-state index in [0.29, 0.717) is 28.7 Å². The molecule has 5 rings (SSSR count). The van der Waals surface area contributed by atoms with E-state index >= 15 is 0 Å². The van der Waals surface area contributed by atoms with E-state index in [0.717, 1.165) is 0 Å². The van der Waals surface area contributed by atoms with Crippen molar-refractivity contribution < 1.29 is 22.4 Å². The molecule has 0 spiro atoms. The van der Waals surface area contributed by atoms with Gasteiger partial charge >= 0.3 is 0 Å². The third-order valence-corrected chi connectivity index (χ3v) is 7.60. The second-order valence-corrected chi connectivity index (χ2v) is 9.84. The van der Waals surface area contributed by atoms with Gasteiger partial charge in [0, 0.05) is 6.04 Å². The summed E-state index contributed by atoms with van der Waals surface area (Å²) in [6.07, 6.45) is 0.336. The van der Waals surface area contributed by atoms with Crippen LogP contribution in [0.2, 0.25) is 0 Å². The van der Waals surface area contributed by atoms with Crippen LogP contribution in [0.3, 0.4) is 0 Å². The van der Waals surface area contributed by atoms with Gasteiger partial charge in [0.25, 0.3) is 5.91 Å². The fraction of sp³-hybridized carbons (Fsp3) is 0.273. The van der Waals surface area contributed by atoms with Gasteiger partial charge < -0.3 is 14.1 Å². The van der Waals surface area contributed by atoms with E-state index in [1.165, 1.54) is 4.90 Å². The first-order valence-corrected chi connectivity index (χ1v) is 11.4. The molecule has 2 aromatic carbocycles. The average Bonchev–Trinajstić information content (AvgIpc) is 3.25. The van der Waals surface area contributed by atoms with Crippen molar-refractivity contribution in [3.8, 4) is 5.75 Å². The molecule has 0 N–H and O–H groups in total. The molecule has 0 radical (unpaired) electrons. The minimum atomic E-state index is -3.23. The van der Waals surface area contributed by atoms with Crippen LogP contribution < -0.4 is 10.2 Å². The number of fused-ring (bicyclic) bond motifs is 2. The molecule has 8 heteroatoms. The summed E-state index contributed by atoms with van der Waals surface area (Å²) < 4.78 is 35.3. The number of sulfone groups is 1. The molecule has 2 atom stereocenters. The molecule has 3 heterocycles. The summed E-state index contributed by atoms with van der Waals surface area (Å²) in [5.74, 6) is 0.0900. The van der Waals surface area contributed by atoms with Crippen molar-refractivity contribution in [3.05, 3.63) is 75.6 Å². The normalized spacial score (nSPS) is 22.4. The number of nitrogens with zero attached hydrogens (tertiary/aromatic N) is 1. The molecule has 1 aromatic heterocycles. The number of para-hydroxylation sites is 1. The zero-order chi connectivity index (χ0) is 21.0. The second-order valence-electron chi connectivity index (χ2n) is 7.62. The third kappa shape index (κ3) is 2.82. The predicted octanol–water partition coefficient (Wildman–Crippen LogP) is 2.53. The number of rotatable bonds is 3. The van der Waals surface area contributed by atoms with Gasteiger partial charge in [-0.05, 0) is 36.2 Å². The van der Waals surface area contributed by atoms with Gasteiger partial charge in [0.1, 0.15) is 11.3 Å². The molecule has 0 bridgehead atoms. The molecule has 154 valence electrons. The Kier molecular flexibility index (Phi) is 4.21.